The van der Waals surface area contributed by atoms with E-state index < -0.39 is 0 Å². The number of halogens is 2. The molecule has 0 saturated heterocycles. The van der Waals surface area contributed by atoms with Crippen molar-refractivity contribution in [3.05, 3.63) is 76.2 Å². The van der Waals surface area contributed by atoms with Crippen LogP contribution >= 0.6 is 11.6 Å². The van der Waals surface area contributed by atoms with Gasteiger partial charge in [-0.05, 0) is 49.2 Å². The summed E-state index contributed by atoms with van der Waals surface area (Å²) in [4.78, 5) is 8.87. The molecular weight excluding hydrogens is 339 g/mol. The van der Waals surface area contributed by atoms with Crippen molar-refractivity contribution in [3.8, 4) is 0 Å². The molecule has 25 heavy (non-hydrogen) atoms. The first kappa shape index (κ1) is 17.2. The monoisotopic (exact) mass is 356 g/mol. The van der Waals surface area contributed by atoms with E-state index in [4.69, 9.17) is 11.6 Å². The molecule has 0 unspecified atom stereocenters. The number of nitrogens with one attached hydrogen (secondary N) is 2. The minimum atomic E-state index is -0.251. The summed E-state index contributed by atoms with van der Waals surface area (Å²) in [6.07, 6.45) is 0. The lowest BCUT2D eigenvalue weighted by Crippen LogP contribution is -2.06. The van der Waals surface area contributed by atoms with Crippen LogP contribution in [0.1, 0.15) is 16.8 Å². The summed E-state index contributed by atoms with van der Waals surface area (Å²) in [5.74, 6) is 0.935. The summed E-state index contributed by atoms with van der Waals surface area (Å²) in [5.41, 5.74) is 3.64. The van der Waals surface area contributed by atoms with Gasteiger partial charge < -0.3 is 10.6 Å². The van der Waals surface area contributed by atoms with Crippen molar-refractivity contribution in [1.82, 2.24) is 9.97 Å². The molecule has 3 rings (SSSR count). The van der Waals surface area contributed by atoms with Gasteiger partial charge in [0.05, 0.1) is 0 Å². The zero-order valence-electron chi connectivity index (χ0n) is 14.0. The van der Waals surface area contributed by atoms with Gasteiger partial charge in [-0.15, -0.1) is 0 Å². The van der Waals surface area contributed by atoms with Gasteiger partial charge in [0.15, 0.2) is 0 Å². The Labute approximate surface area is 151 Å². The van der Waals surface area contributed by atoms with Crippen LogP contribution in [0.15, 0.2) is 48.5 Å². The van der Waals surface area contributed by atoms with E-state index in [0.717, 1.165) is 22.5 Å². The molecule has 0 aliphatic carbocycles. The van der Waals surface area contributed by atoms with Crippen molar-refractivity contribution in [1.29, 1.82) is 0 Å². The SMILES string of the molecule is Cc1cc(Nc2cccc(Cl)c2C)nc(NCc2ccc(F)cc2)n1. The molecule has 6 heteroatoms. The molecule has 0 bridgehead atoms. The van der Waals surface area contributed by atoms with Crippen molar-refractivity contribution in [2.45, 2.75) is 20.4 Å². The van der Waals surface area contributed by atoms with Crippen LogP contribution in [0.25, 0.3) is 0 Å². The van der Waals surface area contributed by atoms with Gasteiger partial charge in [-0.25, -0.2) is 9.37 Å². The van der Waals surface area contributed by atoms with Crippen LogP contribution < -0.4 is 10.6 Å². The molecule has 0 radical (unpaired) electrons. The number of aromatic nitrogens is 2. The van der Waals surface area contributed by atoms with Crippen LogP contribution in [0, 0.1) is 19.7 Å². The van der Waals surface area contributed by atoms with E-state index in [1.807, 2.05) is 38.1 Å². The summed E-state index contributed by atoms with van der Waals surface area (Å²) >= 11 is 6.16. The molecule has 2 aromatic carbocycles. The standard InChI is InChI=1S/C19H18ClFN4/c1-12-10-18(24-17-5-3-4-16(20)13(17)2)25-19(23-12)22-11-14-6-8-15(21)9-7-14/h3-10H,11H2,1-2H3,(H2,22,23,24,25). The third-order valence-electron chi connectivity index (χ3n) is 3.75. The second kappa shape index (κ2) is 7.49. The minimum Gasteiger partial charge on any atom is -0.350 e. The Morgan fingerprint density at radius 2 is 1.80 bits per heavy atom. The fraction of sp³-hybridized carbons (Fsp3) is 0.158. The summed E-state index contributed by atoms with van der Waals surface area (Å²) < 4.78 is 13.0. The van der Waals surface area contributed by atoms with Gasteiger partial charge in [0.25, 0.3) is 0 Å². The van der Waals surface area contributed by atoms with Gasteiger partial charge in [-0.3, -0.25) is 0 Å². The highest BCUT2D eigenvalue weighted by Crippen LogP contribution is 2.26. The van der Waals surface area contributed by atoms with Crippen LogP contribution in [0.3, 0.4) is 0 Å². The predicted molar refractivity (Wildman–Crippen MR) is 100.0 cm³/mol. The number of nitrogens with zero attached hydrogens (tertiary/aromatic N) is 2. The van der Waals surface area contributed by atoms with Crippen LogP contribution in [0.5, 0.6) is 0 Å². The fourth-order valence-electron chi connectivity index (χ4n) is 2.38. The number of hydrogen-bond donors (Lipinski definition) is 2. The Hall–Kier alpha value is -2.66. The summed E-state index contributed by atoms with van der Waals surface area (Å²) in [6.45, 7) is 4.37. The van der Waals surface area contributed by atoms with Crippen molar-refractivity contribution in [2.24, 2.45) is 0 Å². The van der Waals surface area contributed by atoms with E-state index in [0.29, 0.717) is 23.3 Å². The molecule has 128 valence electrons. The quantitative estimate of drug-likeness (QED) is 0.656. The largest absolute Gasteiger partial charge is 0.350 e. The van der Waals surface area contributed by atoms with Crippen molar-refractivity contribution in [3.63, 3.8) is 0 Å². The minimum absolute atomic E-state index is 0.251. The second-order valence-electron chi connectivity index (χ2n) is 5.74. The van der Waals surface area contributed by atoms with Crippen LogP contribution in [0.2, 0.25) is 5.02 Å². The lowest BCUT2D eigenvalue weighted by Gasteiger charge is -2.12. The first-order valence-corrected chi connectivity index (χ1v) is 8.25. The van der Waals surface area contributed by atoms with Gasteiger partial charge in [-0.2, -0.15) is 4.98 Å². The topological polar surface area (TPSA) is 49.8 Å². The van der Waals surface area contributed by atoms with E-state index in [-0.39, 0.29) is 5.82 Å². The maximum absolute atomic E-state index is 13.0. The molecule has 3 aromatic rings. The average Bonchev–Trinajstić information content (AvgIpc) is 2.58. The van der Waals surface area contributed by atoms with Crippen molar-refractivity contribution < 1.29 is 4.39 Å². The summed E-state index contributed by atoms with van der Waals surface area (Å²) in [5, 5.41) is 7.14. The molecule has 0 aliphatic rings. The van der Waals surface area contributed by atoms with Crippen LogP contribution in [-0.4, -0.2) is 9.97 Å². The first-order chi connectivity index (χ1) is 12.0. The predicted octanol–water partition coefficient (Wildman–Crippen LogP) is 5.24. The van der Waals surface area contributed by atoms with Crippen molar-refractivity contribution in [2.75, 3.05) is 10.6 Å². The number of anilines is 3. The highest BCUT2D eigenvalue weighted by Gasteiger charge is 2.06. The van der Waals surface area contributed by atoms with Gasteiger partial charge >= 0.3 is 0 Å². The molecule has 0 fully saturated rings. The number of benzene rings is 2. The molecule has 4 nitrogen and oxygen atoms in total. The smallest absolute Gasteiger partial charge is 0.225 e. The zero-order chi connectivity index (χ0) is 17.8. The van der Waals surface area contributed by atoms with Gasteiger partial charge in [0.1, 0.15) is 11.6 Å². The Morgan fingerprint density at radius 1 is 1.04 bits per heavy atom. The van der Waals surface area contributed by atoms with Gasteiger partial charge in [0.2, 0.25) is 5.95 Å². The Kier molecular flexibility index (Phi) is 5.14. The highest BCUT2D eigenvalue weighted by atomic mass is 35.5. The second-order valence-corrected chi connectivity index (χ2v) is 6.14. The molecule has 0 saturated carbocycles. The van der Waals surface area contributed by atoms with E-state index >= 15 is 0 Å². The van der Waals surface area contributed by atoms with Gasteiger partial charge in [0, 0.05) is 29.0 Å². The van der Waals surface area contributed by atoms with E-state index in [1.165, 1.54) is 12.1 Å². The Balaban J connectivity index is 1.76. The van der Waals surface area contributed by atoms with Crippen LogP contribution in [-0.2, 0) is 6.54 Å². The summed E-state index contributed by atoms with van der Waals surface area (Å²) in [7, 11) is 0. The van der Waals surface area contributed by atoms with E-state index in [2.05, 4.69) is 20.6 Å². The van der Waals surface area contributed by atoms with E-state index in [9.17, 15) is 4.39 Å². The average molecular weight is 357 g/mol. The fourth-order valence-corrected chi connectivity index (χ4v) is 2.55. The summed E-state index contributed by atoms with van der Waals surface area (Å²) in [6, 6.07) is 13.9. The molecule has 0 amide bonds. The lowest BCUT2D eigenvalue weighted by molar-refractivity contribution is 0.627. The zero-order valence-corrected chi connectivity index (χ0v) is 14.7. The first-order valence-electron chi connectivity index (χ1n) is 7.87. The van der Waals surface area contributed by atoms with E-state index in [1.54, 1.807) is 12.1 Å². The third kappa shape index (κ3) is 4.45. The van der Waals surface area contributed by atoms with Gasteiger partial charge in [-0.1, -0.05) is 29.8 Å². The number of aryl methyl sites for hydroxylation is 1. The molecule has 1 heterocycles. The number of hydrogen-bond acceptors (Lipinski definition) is 4. The maximum atomic E-state index is 13.0. The molecular formula is C19H18ClFN4. The molecule has 0 spiro atoms. The normalized spacial score (nSPS) is 10.6. The van der Waals surface area contributed by atoms with Crippen LogP contribution in [0.4, 0.5) is 21.8 Å². The molecule has 1 aromatic heterocycles. The molecule has 0 aliphatic heterocycles. The highest BCUT2D eigenvalue weighted by molar-refractivity contribution is 6.31. The third-order valence-corrected chi connectivity index (χ3v) is 4.16. The Morgan fingerprint density at radius 3 is 2.56 bits per heavy atom. The molecule has 0 atom stereocenters. The molecule has 2 N–H and O–H groups in total. The maximum Gasteiger partial charge on any atom is 0.225 e. The Bertz CT molecular complexity index is 881. The number of rotatable bonds is 5. The van der Waals surface area contributed by atoms with Crippen molar-refractivity contribution >= 4 is 29.1 Å². The lowest BCUT2D eigenvalue weighted by atomic mass is 10.2.